The van der Waals surface area contributed by atoms with Gasteiger partial charge in [0.2, 0.25) is 0 Å². The first-order valence-corrected chi connectivity index (χ1v) is 4.41. The molecule has 0 aromatic carbocycles. The number of nitrogens with one attached hydrogen (secondary N) is 1. The summed E-state index contributed by atoms with van der Waals surface area (Å²) in [5.74, 6) is 0. The van der Waals surface area contributed by atoms with Crippen LogP contribution in [0.5, 0.6) is 0 Å². The lowest BCUT2D eigenvalue weighted by molar-refractivity contribution is 0.911. The second kappa shape index (κ2) is 2.51. The Bertz CT molecular complexity index is 276. The number of aromatic nitrogens is 1. The quantitative estimate of drug-likeness (QED) is 0.572. The van der Waals surface area contributed by atoms with E-state index in [1.54, 1.807) is 0 Å². The highest BCUT2D eigenvalue weighted by molar-refractivity contribution is 14.1. The van der Waals surface area contributed by atoms with Crippen LogP contribution in [0.2, 0.25) is 0 Å². The molecule has 0 fully saturated rings. The summed E-state index contributed by atoms with van der Waals surface area (Å²) in [5, 5.41) is 3.30. The Hall–Kier alpha value is -0.520. The first kappa shape index (κ1) is 7.15. The third-order valence-electron chi connectivity index (χ3n) is 1.73. The van der Waals surface area contributed by atoms with Crippen molar-refractivity contribution in [3.05, 3.63) is 18.5 Å². The molecule has 0 saturated heterocycles. The van der Waals surface area contributed by atoms with Crippen LogP contribution in [0.4, 0.5) is 11.4 Å². The zero-order valence-corrected chi connectivity index (χ0v) is 8.24. The van der Waals surface area contributed by atoms with Gasteiger partial charge in [-0.05, 0) is 13.0 Å². The number of halogens is 1. The van der Waals surface area contributed by atoms with Crippen molar-refractivity contribution in [3.8, 4) is 0 Å². The third kappa shape index (κ3) is 1.05. The molecular weight excluding hydrogens is 253 g/mol. The molecule has 1 unspecified atom stereocenters. The Labute approximate surface area is 79.3 Å². The molecule has 0 aliphatic carbocycles. The lowest BCUT2D eigenvalue weighted by Gasteiger charge is -2.13. The van der Waals surface area contributed by atoms with E-state index in [4.69, 9.17) is 0 Å². The first-order valence-electron chi connectivity index (χ1n) is 3.44. The second-order valence-electron chi connectivity index (χ2n) is 2.52. The number of pyridine rings is 1. The summed E-state index contributed by atoms with van der Waals surface area (Å²) in [6.07, 6.45) is 4.03. The first-order chi connectivity index (χ1) is 5.29. The molecule has 0 saturated carbocycles. The average molecular weight is 261 g/mol. The van der Waals surface area contributed by atoms with Crippen molar-refractivity contribution in [2.75, 3.05) is 8.43 Å². The standard InChI is InChI=1S/C7H8IN3/c1-5-10-6-4-9-3-2-7(6)11(5)8/h2-5,10H,1H3. The van der Waals surface area contributed by atoms with Gasteiger partial charge in [0.25, 0.3) is 0 Å². The molecule has 1 aliphatic heterocycles. The Kier molecular flexibility index (Phi) is 1.63. The summed E-state index contributed by atoms with van der Waals surface area (Å²) in [4.78, 5) is 4.03. The topological polar surface area (TPSA) is 28.2 Å². The fourth-order valence-corrected chi connectivity index (χ4v) is 1.73. The minimum absolute atomic E-state index is 0.370. The van der Waals surface area contributed by atoms with E-state index in [1.165, 1.54) is 5.69 Å². The molecule has 0 amide bonds. The predicted octanol–water partition coefficient (Wildman–Crippen LogP) is 2.01. The summed E-state index contributed by atoms with van der Waals surface area (Å²) in [6.45, 7) is 2.12. The lowest BCUT2D eigenvalue weighted by atomic mass is 10.4. The monoisotopic (exact) mass is 261 g/mol. The van der Waals surface area contributed by atoms with E-state index in [1.807, 2.05) is 18.5 Å². The molecule has 3 nitrogen and oxygen atoms in total. The van der Waals surface area contributed by atoms with Crippen molar-refractivity contribution in [2.45, 2.75) is 13.1 Å². The average Bonchev–Trinajstić information content (AvgIpc) is 2.30. The normalized spacial score (nSPS) is 21.3. The van der Waals surface area contributed by atoms with Crippen molar-refractivity contribution in [1.82, 2.24) is 4.98 Å². The zero-order valence-electron chi connectivity index (χ0n) is 6.08. The van der Waals surface area contributed by atoms with Crippen LogP contribution in [-0.2, 0) is 0 Å². The van der Waals surface area contributed by atoms with Gasteiger partial charge < -0.3 is 5.32 Å². The van der Waals surface area contributed by atoms with E-state index in [0.717, 1.165) is 5.69 Å². The predicted molar refractivity (Wildman–Crippen MR) is 53.8 cm³/mol. The van der Waals surface area contributed by atoms with Crippen LogP contribution in [-0.4, -0.2) is 11.1 Å². The molecule has 2 rings (SSSR count). The molecule has 58 valence electrons. The number of anilines is 2. The molecule has 0 spiro atoms. The Morgan fingerprint density at radius 3 is 3.27 bits per heavy atom. The van der Waals surface area contributed by atoms with Gasteiger partial charge in [-0.15, -0.1) is 0 Å². The molecule has 1 atom stereocenters. The Morgan fingerprint density at radius 2 is 2.55 bits per heavy atom. The number of hydrogen-bond acceptors (Lipinski definition) is 3. The van der Waals surface area contributed by atoms with Gasteiger partial charge in [0.1, 0.15) is 6.17 Å². The fraction of sp³-hybridized carbons (Fsp3) is 0.286. The molecular formula is C7H8IN3. The minimum Gasteiger partial charge on any atom is -0.362 e. The van der Waals surface area contributed by atoms with Crippen LogP contribution >= 0.6 is 22.9 Å². The SMILES string of the molecule is CC1Nc2cnccc2N1I. The summed E-state index contributed by atoms with van der Waals surface area (Å²) < 4.78 is 2.16. The maximum absolute atomic E-state index is 4.03. The van der Waals surface area contributed by atoms with Gasteiger partial charge in [-0.25, -0.2) is 0 Å². The zero-order chi connectivity index (χ0) is 7.84. The van der Waals surface area contributed by atoms with E-state index < -0.39 is 0 Å². The molecule has 2 heterocycles. The summed E-state index contributed by atoms with van der Waals surface area (Å²) >= 11 is 2.29. The Morgan fingerprint density at radius 1 is 1.73 bits per heavy atom. The summed E-state index contributed by atoms with van der Waals surface area (Å²) in [7, 11) is 0. The van der Waals surface area contributed by atoms with E-state index in [0.29, 0.717) is 6.17 Å². The van der Waals surface area contributed by atoms with Gasteiger partial charge in [0.15, 0.2) is 0 Å². The van der Waals surface area contributed by atoms with Crippen molar-refractivity contribution in [3.63, 3.8) is 0 Å². The molecule has 1 N–H and O–H groups in total. The van der Waals surface area contributed by atoms with Crippen LogP contribution in [0.25, 0.3) is 0 Å². The van der Waals surface area contributed by atoms with Crippen molar-refractivity contribution in [2.24, 2.45) is 0 Å². The van der Waals surface area contributed by atoms with Gasteiger partial charge in [-0.2, -0.15) is 0 Å². The third-order valence-corrected chi connectivity index (χ3v) is 3.09. The highest BCUT2D eigenvalue weighted by Gasteiger charge is 2.22. The molecule has 0 radical (unpaired) electrons. The van der Waals surface area contributed by atoms with Gasteiger partial charge >= 0.3 is 0 Å². The Balaban J connectivity index is 2.47. The number of nitrogens with zero attached hydrogens (tertiary/aromatic N) is 2. The molecule has 11 heavy (non-hydrogen) atoms. The summed E-state index contributed by atoms with van der Waals surface area (Å²) in [6, 6.07) is 2.01. The molecule has 1 aliphatic rings. The highest BCUT2D eigenvalue weighted by atomic mass is 127. The van der Waals surface area contributed by atoms with Gasteiger partial charge in [0.05, 0.1) is 40.4 Å². The van der Waals surface area contributed by atoms with Crippen molar-refractivity contribution < 1.29 is 0 Å². The van der Waals surface area contributed by atoms with Crippen LogP contribution < -0.4 is 8.43 Å². The van der Waals surface area contributed by atoms with Crippen LogP contribution in [0.1, 0.15) is 6.92 Å². The lowest BCUT2D eigenvalue weighted by Crippen LogP contribution is -2.22. The molecule has 4 heteroatoms. The number of hydrogen-bond donors (Lipinski definition) is 1. The minimum atomic E-state index is 0.370. The highest BCUT2D eigenvalue weighted by Crippen LogP contribution is 2.35. The maximum atomic E-state index is 4.03. The molecule has 1 aromatic heterocycles. The van der Waals surface area contributed by atoms with E-state index in [9.17, 15) is 0 Å². The van der Waals surface area contributed by atoms with E-state index in [-0.39, 0.29) is 0 Å². The fourth-order valence-electron chi connectivity index (χ4n) is 1.17. The second-order valence-corrected chi connectivity index (χ2v) is 3.56. The molecule has 0 bridgehead atoms. The van der Waals surface area contributed by atoms with Crippen molar-refractivity contribution >= 4 is 34.2 Å². The van der Waals surface area contributed by atoms with Gasteiger partial charge in [-0.1, -0.05) is 0 Å². The van der Waals surface area contributed by atoms with E-state index >= 15 is 0 Å². The van der Waals surface area contributed by atoms with Gasteiger partial charge in [-0.3, -0.25) is 8.10 Å². The van der Waals surface area contributed by atoms with E-state index in [2.05, 4.69) is 43.2 Å². The summed E-state index contributed by atoms with van der Waals surface area (Å²) in [5.41, 5.74) is 2.34. The van der Waals surface area contributed by atoms with Crippen LogP contribution in [0, 0.1) is 0 Å². The largest absolute Gasteiger partial charge is 0.362 e. The maximum Gasteiger partial charge on any atom is 0.106 e. The van der Waals surface area contributed by atoms with Crippen LogP contribution in [0.15, 0.2) is 18.5 Å². The van der Waals surface area contributed by atoms with Crippen molar-refractivity contribution in [1.29, 1.82) is 0 Å². The van der Waals surface area contributed by atoms with Gasteiger partial charge in [0, 0.05) is 6.20 Å². The molecule has 1 aromatic rings. The smallest absolute Gasteiger partial charge is 0.106 e. The number of rotatable bonds is 0. The van der Waals surface area contributed by atoms with Crippen LogP contribution in [0.3, 0.4) is 0 Å². The number of fused-ring (bicyclic) bond motifs is 1.